The highest BCUT2D eigenvalue weighted by Gasteiger charge is 2.19. The fourth-order valence-electron chi connectivity index (χ4n) is 1.24. The van der Waals surface area contributed by atoms with Crippen molar-refractivity contribution in [2.75, 3.05) is 7.05 Å². The molecule has 0 amide bonds. The van der Waals surface area contributed by atoms with Gasteiger partial charge in [0, 0.05) is 4.90 Å². The molecule has 14 heavy (non-hydrogen) atoms. The molecule has 0 radical (unpaired) electrons. The van der Waals surface area contributed by atoms with E-state index in [0.29, 0.717) is 0 Å². The summed E-state index contributed by atoms with van der Waals surface area (Å²) in [5.41, 5.74) is 6.09. The molecule has 0 bridgehead atoms. The molecular formula is C12H21NS. The molecule has 1 rings (SSSR count). The fourth-order valence-corrected chi connectivity index (χ4v) is 1.70. The number of thiol groups is 1. The van der Waals surface area contributed by atoms with Gasteiger partial charge in [-0.05, 0) is 30.5 Å². The summed E-state index contributed by atoms with van der Waals surface area (Å²) in [6.07, 6.45) is 1.14. The van der Waals surface area contributed by atoms with E-state index in [1.54, 1.807) is 0 Å². The van der Waals surface area contributed by atoms with Crippen LogP contribution >= 0.6 is 12.6 Å². The summed E-state index contributed by atoms with van der Waals surface area (Å²) in [7, 11) is 1.50. The molecule has 0 aliphatic rings. The van der Waals surface area contributed by atoms with Crippen molar-refractivity contribution in [3.05, 3.63) is 29.8 Å². The highest BCUT2D eigenvalue weighted by Crippen LogP contribution is 2.30. The molecule has 0 unspecified atom stereocenters. The van der Waals surface area contributed by atoms with Crippen LogP contribution < -0.4 is 5.73 Å². The van der Waals surface area contributed by atoms with Crippen LogP contribution in [-0.2, 0) is 5.41 Å². The Morgan fingerprint density at radius 2 is 1.71 bits per heavy atom. The first kappa shape index (κ1) is 13.5. The summed E-state index contributed by atoms with van der Waals surface area (Å²) in [4.78, 5) is 1.10. The maximum absolute atomic E-state index is 4.50. The Morgan fingerprint density at radius 3 is 2.14 bits per heavy atom. The van der Waals surface area contributed by atoms with Gasteiger partial charge in [0.1, 0.15) is 0 Å². The Bertz CT molecular complexity index is 269. The summed E-state index contributed by atoms with van der Waals surface area (Å²) < 4.78 is 0. The van der Waals surface area contributed by atoms with E-state index in [2.05, 4.69) is 57.3 Å². The zero-order chi connectivity index (χ0) is 11.2. The molecule has 0 aromatic heterocycles. The molecule has 0 spiro atoms. The van der Waals surface area contributed by atoms with E-state index in [0.717, 1.165) is 11.3 Å². The molecule has 0 fully saturated rings. The maximum atomic E-state index is 4.50. The summed E-state index contributed by atoms with van der Waals surface area (Å²) in [6, 6.07) is 8.31. The van der Waals surface area contributed by atoms with Gasteiger partial charge in [0.2, 0.25) is 0 Å². The molecule has 1 nitrogen and oxygen atoms in total. The average molecular weight is 211 g/mol. The Balaban J connectivity index is 0.000000791. The molecule has 0 atom stereocenters. The maximum Gasteiger partial charge on any atom is 0.00774 e. The fraction of sp³-hybridized carbons (Fsp3) is 0.500. The van der Waals surface area contributed by atoms with Crippen LogP contribution in [-0.4, -0.2) is 7.05 Å². The highest BCUT2D eigenvalue weighted by molar-refractivity contribution is 7.80. The zero-order valence-corrected chi connectivity index (χ0v) is 10.4. The average Bonchev–Trinajstić information content (AvgIpc) is 2.21. The van der Waals surface area contributed by atoms with Crippen LogP contribution in [0.3, 0.4) is 0 Å². The van der Waals surface area contributed by atoms with Crippen molar-refractivity contribution >= 4 is 12.6 Å². The van der Waals surface area contributed by atoms with Crippen LogP contribution in [0.2, 0.25) is 0 Å². The molecule has 2 heteroatoms. The van der Waals surface area contributed by atoms with Crippen molar-refractivity contribution in [3.63, 3.8) is 0 Å². The van der Waals surface area contributed by atoms with Gasteiger partial charge >= 0.3 is 0 Å². The van der Waals surface area contributed by atoms with Crippen molar-refractivity contribution in [3.8, 4) is 0 Å². The van der Waals surface area contributed by atoms with Gasteiger partial charge in [-0.1, -0.05) is 39.0 Å². The highest BCUT2D eigenvalue weighted by atomic mass is 32.1. The summed E-state index contributed by atoms with van der Waals surface area (Å²) in [5, 5.41) is 0. The second-order valence-electron chi connectivity index (χ2n) is 3.75. The third-order valence-corrected chi connectivity index (χ3v) is 2.91. The minimum absolute atomic E-state index is 0.248. The minimum Gasteiger partial charge on any atom is -0.333 e. The van der Waals surface area contributed by atoms with Crippen molar-refractivity contribution in [1.82, 2.24) is 0 Å². The molecule has 80 valence electrons. The molecule has 0 saturated carbocycles. The summed E-state index contributed by atoms with van der Waals surface area (Å²) >= 11 is 4.45. The monoisotopic (exact) mass is 211 g/mol. The number of hydrogen-bond donors (Lipinski definition) is 2. The Labute approximate surface area is 93.1 Å². The van der Waals surface area contributed by atoms with Gasteiger partial charge in [-0.25, -0.2) is 0 Å². The lowest BCUT2D eigenvalue weighted by atomic mass is 9.82. The van der Waals surface area contributed by atoms with E-state index in [1.165, 1.54) is 12.6 Å². The van der Waals surface area contributed by atoms with Crippen LogP contribution in [0, 0.1) is 0 Å². The van der Waals surface area contributed by atoms with Crippen LogP contribution in [0.4, 0.5) is 0 Å². The normalized spacial score (nSPS) is 10.4. The lowest BCUT2D eigenvalue weighted by molar-refractivity contribution is 0.497. The van der Waals surface area contributed by atoms with E-state index in [1.807, 2.05) is 6.07 Å². The number of nitrogens with two attached hydrogens (primary N) is 1. The second kappa shape index (κ2) is 6.10. The van der Waals surface area contributed by atoms with E-state index < -0.39 is 0 Å². The topological polar surface area (TPSA) is 26.0 Å². The van der Waals surface area contributed by atoms with E-state index in [9.17, 15) is 0 Å². The SMILES string of the molecule is CCC(C)(C)c1ccccc1S.CN. The van der Waals surface area contributed by atoms with E-state index in [-0.39, 0.29) is 5.41 Å². The first-order chi connectivity index (χ1) is 6.58. The molecule has 2 N–H and O–H groups in total. The first-order valence-electron chi connectivity index (χ1n) is 4.94. The van der Waals surface area contributed by atoms with Gasteiger partial charge in [0.15, 0.2) is 0 Å². The molecule has 1 aromatic rings. The van der Waals surface area contributed by atoms with Gasteiger partial charge in [-0.2, -0.15) is 0 Å². The number of rotatable bonds is 2. The lowest BCUT2D eigenvalue weighted by Crippen LogP contribution is -2.15. The van der Waals surface area contributed by atoms with Crippen LogP contribution in [0.1, 0.15) is 32.8 Å². The Morgan fingerprint density at radius 1 is 1.21 bits per heavy atom. The van der Waals surface area contributed by atoms with Gasteiger partial charge in [0.05, 0.1) is 0 Å². The summed E-state index contributed by atoms with van der Waals surface area (Å²) in [6.45, 7) is 6.71. The van der Waals surface area contributed by atoms with Crippen molar-refractivity contribution in [1.29, 1.82) is 0 Å². The van der Waals surface area contributed by atoms with Crippen LogP contribution in [0.5, 0.6) is 0 Å². The van der Waals surface area contributed by atoms with Gasteiger partial charge < -0.3 is 5.73 Å². The molecule has 0 heterocycles. The predicted octanol–water partition coefficient (Wildman–Crippen LogP) is 3.24. The Hall–Kier alpha value is -0.470. The van der Waals surface area contributed by atoms with E-state index in [4.69, 9.17) is 0 Å². The Kier molecular flexibility index (Phi) is 5.89. The lowest BCUT2D eigenvalue weighted by Gasteiger charge is -2.24. The van der Waals surface area contributed by atoms with Crippen molar-refractivity contribution in [2.24, 2.45) is 5.73 Å². The van der Waals surface area contributed by atoms with Crippen LogP contribution in [0.25, 0.3) is 0 Å². The minimum atomic E-state index is 0.248. The van der Waals surface area contributed by atoms with Gasteiger partial charge in [-0.15, -0.1) is 12.6 Å². The quantitative estimate of drug-likeness (QED) is 0.722. The van der Waals surface area contributed by atoms with Crippen LogP contribution in [0.15, 0.2) is 29.2 Å². The number of benzene rings is 1. The zero-order valence-electron chi connectivity index (χ0n) is 9.54. The molecule has 0 aliphatic heterocycles. The molecular weight excluding hydrogens is 190 g/mol. The van der Waals surface area contributed by atoms with Gasteiger partial charge in [-0.3, -0.25) is 0 Å². The molecule has 0 aliphatic carbocycles. The molecule has 1 aromatic carbocycles. The van der Waals surface area contributed by atoms with E-state index >= 15 is 0 Å². The van der Waals surface area contributed by atoms with Crippen molar-refractivity contribution in [2.45, 2.75) is 37.5 Å². The largest absolute Gasteiger partial charge is 0.333 e. The number of hydrogen-bond acceptors (Lipinski definition) is 2. The van der Waals surface area contributed by atoms with Gasteiger partial charge in [0.25, 0.3) is 0 Å². The second-order valence-corrected chi connectivity index (χ2v) is 4.24. The molecule has 0 saturated heterocycles. The summed E-state index contributed by atoms with van der Waals surface area (Å²) in [5.74, 6) is 0. The predicted molar refractivity (Wildman–Crippen MR) is 67.1 cm³/mol. The smallest absolute Gasteiger partial charge is 0.00774 e. The van der Waals surface area contributed by atoms with Crippen molar-refractivity contribution < 1.29 is 0 Å². The first-order valence-corrected chi connectivity index (χ1v) is 5.39. The third-order valence-electron chi connectivity index (χ3n) is 2.52. The standard InChI is InChI=1S/C11H16S.CH5N/c1-4-11(2,3)9-7-5-6-8-10(9)12;1-2/h5-8,12H,4H2,1-3H3;2H2,1H3. The third kappa shape index (κ3) is 3.35.